The van der Waals surface area contributed by atoms with E-state index >= 15 is 0 Å². The summed E-state index contributed by atoms with van der Waals surface area (Å²) < 4.78 is 0. The second-order valence-electron chi connectivity index (χ2n) is 13.5. The fraction of sp³-hybridized carbons (Fsp3) is 0.474. The van der Waals surface area contributed by atoms with E-state index in [0.717, 1.165) is 19.0 Å². The van der Waals surface area contributed by atoms with Gasteiger partial charge in [0.05, 0.1) is 0 Å². The maximum absolute atomic E-state index is 4.33. The molecule has 0 nitrogen and oxygen atoms in total. The molecular formula is C38H53B2. The van der Waals surface area contributed by atoms with E-state index in [4.69, 9.17) is 0 Å². The molecular weight excluding hydrogens is 478 g/mol. The van der Waals surface area contributed by atoms with E-state index in [1.807, 2.05) is 0 Å². The Labute approximate surface area is 248 Å². The number of aryl methyl sites for hydroxylation is 6. The molecule has 3 atom stereocenters. The van der Waals surface area contributed by atoms with Gasteiger partial charge in [0.1, 0.15) is 7.28 Å². The standard InChI is InChI=1S/C38H53B2/c1-26(2)33(9)23-38(11,25-39-24-34(10)35-15-13-12-14-16-35)17-18-40(36-29(5)19-27(3)20-30(36)6)37-31(7)21-28(4)22-32(37)8/h12-16,19-22,33-34H,1,17-18,23-25H2,2-11H3. The van der Waals surface area contributed by atoms with Crippen LogP contribution in [0.1, 0.15) is 85.4 Å². The van der Waals surface area contributed by atoms with Gasteiger partial charge in [-0.05, 0) is 77.7 Å². The van der Waals surface area contributed by atoms with Crippen molar-refractivity contribution in [1.29, 1.82) is 0 Å². The summed E-state index contributed by atoms with van der Waals surface area (Å²) in [6, 6.07) is 20.5. The molecule has 0 aromatic heterocycles. The molecule has 2 heteroatoms. The van der Waals surface area contributed by atoms with Crippen molar-refractivity contribution < 1.29 is 0 Å². The van der Waals surface area contributed by atoms with Gasteiger partial charge in [0.25, 0.3) is 0 Å². The lowest BCUT2D eigenvalue weighted by Crippen LogP contribution is -2.48. The van der Waals surface area contributed by atoms with Crippen LogP contribution in [0.15, 0.2) is 66.7 Å². The molecule has 40 heavy (non-hydrogen) atoms. The Balaban J connectivity index is 1.93. The minimum absolute atomic E-state index is 0.228. The van der Waals surface area contributed by atoms with Gasteiger partial charge in [-0.15, -0.1) is 0 Å². The number of hydrogen-bond donors (Lipinski definition) is 0. The van der Waals surface area contributed by atoms with Crippen LogP contribution in [0.4, 0.5) is 0 Å². The first-order chi connectivity index (χ1) is 18.8. The summed E-state index contributed by atoms with van der Waals surface area (Å²) in [7, 11) is 2.59. The van der Waals surface area contributed by atoms with Crippen LogP contribution in [-0.2, 0) is 0 Å². The largest absolute Gasteiger partial charge is 0.210 e. The molecule has 0 heterocycles. The molecule has 3 aromatic carbocycles. The van der Waals surface area contributed by atoms with Crippen LogP contribution in [0.5, 0.6) is 0 Å². The maximum Gasteiger partial charge on any atom is 0.210 e. The van der Waals surface area contributed by atoms with Gasteiger partial charge < -0.3 is 0 Å². The zero-order chi connectivity index (χ0) is 29.6. The molecule has 0 aliphatic carbocycles. The molecule has 0 saturated carbocycles. The SMILES string of the molecule is C=C(C)C(C)CC(C)(C[B]CC(C)c1ccccc1)CCB(c1c(C)cc(C)cc1C)c1c(C)cc(C)cc1C. The summed E-state index contributed by atoms with van der Waals surface area (Å²) in [5.41, 5.74) is 14.5. The average Bonchev–Trinajstić information content (AvgIpc) is 2.86. The van der Waals surface area contributed by atoms with Crippen LogP contribution in [0.3, 0.4) is 0 Å². The van der Waals surface area contributed by atoms with Crippen molar-refractivity contribution >= 4 is 24.9 Å². The quantitative estimate of drug-likeness (QED) is 0.152. The van der Waals surface area contributed by atoms with Crippen LogP contribution in [0.25, 0.3) is 0 Å². The lowest BCUT2D eigenvalue weighted by molar-refractivity contribution is 0.283. The highest BCUT2D eigenvalue weighted by Gasteiger charge is 2.32. The molecule has 0 bridgehead atoms. The Bertz CT molecular complexity index is 1180. The van der Waals surface area contributed by atoms with Crippen molar-refractivity contribution in [3.05, 3.63) is 106 Å². The normalized spacial score (nSPS) is 14.3. The number of rotatable bonds is 13. The second kappa shape index (κ2) is 13.9. The van der Waals surface area contributed by atoms with Gasteiger partial charge in [-0.2, -0.15) is 0 Å². The zero-order valence-electron chi connectivity index (χ0n) is 27.2. The number of hydrogen-bond acceptors (Lipinski definition) is 0. The average molecular weight is 531 g/mol. The predicted octanol–water partition coefficient (Wildman–Crippen LogP) is 9.49. The van der Waals surface area contributed by atoms with E-state index in [1.165, 1.54) is 68.3 Å². The highest BCUT2D eigenvalue weighted by molar-refractivity contribution is 6.86. The molecule has 1 radical (unpaired) electrons. The summed E-state index contributed by atoms with van der Waals surface area (Å²) in [4.78, 5) is 0. The Hall–Kier alpha value is -2.47. The molecule has 0 N–H and O–H groups in total. The van der Waals surface area contributed by atoms with Crippen molar-refractivity contribution in [2.75, 3.05) is 0 Å². The topological polar surface area (TPSA) is 0 Å². The molecule has 3 unspecified atom stereocenters. The molecule has 0 amide bonds. The van der Waals surface area contributed by atoms with Crippen molar-refractivity contribution in [2.45, 2.75) is 107 Å². The Kier molecular flexibility index (Phi) is 11.2. The van der Waals surface area contributed by atoms with Crippen molar-refractivity contribution in [2.24, 2.45) is 11.3 Å². The number of benzene rings is 3. The minimum Gasteiger partial charge on any atom is -0.0999 e. The van der Waals surface area contributed by atoms with Gasteiger partial charge in [-0.1, -0.05) is 157 Å². The first-order valence-electron chi connectivity index (χ1n) is 15.5. The van der Waals surface area contributed by atoms with Gasteiger partial charge >= 0.3 is 0 Å². The predicted molar refractivity (Wildman–Crippen MR) is 183 cm³/mol. The van der Waals surface area contributed by atoms with E-state index in [9.17, 15) is 0 Å². The van der Waals surface area contributed by atoms with Gasteiger partial charge in [0, 0.05) is 0 Å². The van der Waals surface area contributed by atoms with Crippen LogP contribution < -0.4 is 10.9 Å². The molecule has 0 aliphatic rings. The fourth-order valence-corrected chi connectivity index (χ4v) is 7.21. The van der Waals surface area contributed by atoms with Crippen molar-refractivity contribution in [3.63, 3.8) is 0 Å². The van der Waals surface area contributed by atoms with E-state index < -0.39 is 0 Å². The first kappa shape index (κ1) is 32.0. The van der Waals surface area contributed by atoms with Gasteiger partial charge in [0.2, 0.25) is 6.71 Å². The Morgan fingerprint density at radius 1 is 0.825 bits per heavy atom. The minimum atomic E-state index is 0.228. The van der Waals surface area contributed by atoms with E-state index in [-0.39, 0.29) is 5.41 Å². The van der Waals surface area contributed by atoms with Crippen LogP contribution in [-0.4, -0.2) is 14.0 Å². The van der Waals surface area contributed by atoms with Crippen LogP contribution in [0, 0.1) is 52.9 Å². The third kappa shape index (κ3) is 8.28. The highest BCUT2D eigenvalue weighted by atomic mass is 14.3. The van der Waals surface area contributed by atoms with Crippen LogP contribution >= 0.6 is 0 Å². The summed E-state index contributed by atoms with van der Waals surface area (Å²) in [5.74, 6) is 1.07. The maximum atomic E-state index is 4.33. The smallest absolute Gasteiger partial charge is 0.0999 e. The third-order valence-corrected chi connectivity index (χ3v) is 9.38. The second-order valence-corrected chi connectivity index (χ2v) is 13.5. The first-order valence-corrected chi connectivity index (χ1v) is 15.5. The summed E-state index contributed by atoms with van der Waals surface area (Å²) in [6.07, 6.45) is 5.81. The lowest BCUT2D eigenvalue weighted by atomic mass is 9.34. The molecule has 0 aliphatic heterocycles. The van der Waals surface area contributed by atoms with Crippen molar-refractivity contribution in [3.8, 4) is 0 Å². The summed E-state index contributed by atoms with van der Waals surface area (Å²) in [6.45, 7) is 27.9. The third-order valence-electron chi connectivity index (χ3n) is 9.38. The molecule has 0 fully saturated rings. The van der Waals surface area contributed by atoms with Crippen LogP contribution in [0.2, 0.25) is 19.0 Å². The van der Waals surface area contributed by atoms with Gasteiger partial charge in [-0.25, -0.2) is 0 Å². The Morgan fingerprint density at radius 2 is 1.30 bits per heavy atom. The molecule has 0 saturated heterocycles. The summed E-state index contributed by atoms with van der Waals surface area (Å²) in [5, 5.41) is 0. The summed E-state index contributed by atoms with van der Waals surface area (Å²) >= 11 is 0. The number of allylic oxidation sites excluding steroid dienone is 1. The molecule has 211 valence electrons. The van der Waals surface area contributed by atoms with E-state index in [1.54, 1.807) is 0 Å². The molecule has 0 spiro atoms. The Morgan fingerprint density at radius 3 is 1.75 bits per heavy atom. The van der Waals surface area contributed by atoms with E-state index in [0.29, 0.717) is 18.5 Å². The van der Waals surface area contributed by atoms with E-state index in [2.05, 4.69) is 138 Å². The zero-order valence-corrected chi connectivity index (χ0v) is 27.2. The van der Waals surface area contributed by atoms with Gasteiger partial charge in [0.15, 0.2) is 0 Å². The van der Waals surface area contributed by atoms with Crippen molar-refractivity contribution in [1.82, 2.24) is 0 Å². The monoisotopic (exact) mass is 531 g/mol. The lowest BCUT2D eigenvalue weighted by Gasteiger charge is -2.35. The molecule has 3 rings (SSSR count). The van der Waals surface area contributed by atoms with Gasteiger partial charge in [-0.3, -0.25) is 0 Å². The fourth-order valence-electron chi connectivity index (χ4n) is 7.21. The molecule has 3 aromatic rings. The highest BCUT2D eigenvalue weighted by Crippen LogP contribution is 2.39.